The number of carbonyl (C=O) groups is 1. The van der Waals surface area contributed by atoms with E-state index in [4.69, 9.17) is 16.3 Å². The van der Waals surface area contributed by atoms with Gasteiger partial charge in [0.2, 0.25) is 0 Å². The molecule has 2 aromatic heterocycles. The van der Waals surface area contributed by atoms with Crippen LogP contribution in [0.1, 0.15) is 17.4 Å². The van der Waals surface area contributed by atoms with E-state index >= 15 is 0 Å². The van der Waals surface area contributed by atoms with Crippen molar-refractivity contribution in [3.63, 3.8) is 0 Å². The monoisotopic (exact) mass is 353 g/mol. The third-order valence-electron chi connectivity index (χ3n) is 3.21. The number of ether oxygens (including phenoxy) is 1. The summed E-state index contributed by atoms with van der Waals surface area (Å²) in [4.78, 5) is 20.2. The normalized spacial score (nSPS) is 12.0. The summed E-state index contributed by atoms with van der Waals surface area (Å²) >= 11 is 5.94. The highest BCUT2D eigenvalue weighted by Gasteiger charge is 2.25. The average molecular weight is 354 g/mol. The molecule has 0 amide bonds. The smallest absolute Gasteiger partial charge is 0.359 e. The Morgan fingerprint density at radius 1 is 1.39 bits per heavy atom. The van der Waals surface area contributed by atoms with Crippen LogP contribution in [-0.2, 0) is 14.6 Å². The number of hydrogen-bond acceptors (Lipinski definition) is 6. The van der Waals surface area contributed by atoms with E-state index in [-0.39, 0.29) is 22.8 Å². The third-order valence-corrected chi connectivity index (χ3v) is 4.43. The summed E-state index contributed by atoms with van der Waals surface area (Å²) in [5.41, 5.74) is 0.982. The fraction of sp³-hybridized carbons (Fsp3) is 0.214. The van der Waals surface area contributed by atoms with Gasteiger partial charge >= 0.3 is 5.97 Å². The number of halogens is 1. The minimum Gasteiger partial charge on any atom is -0.461 e. The maximum Gasteiger partial charge on any atom is 0.359 e. The maximum atomic E-state index is 12.1. The predicted octanol–water partition coefficient (Wildman–Crippen LogP) is 2.12. The van der Waals surface area contributed by atoms with E-state index in [2.05, 4.69) is 9.97 Å². The molecule has 0 saturated heterocycles. The molecular weight excluding hydrogens is 342 g/mol. The molecule has 0 atom stereocenters. The van der Waals surface area contributed by atoms with E-state index in [0.29, 0.717) is 16.1 Å². The lowest BCUT2D eigenvalue weighted by atomic mass is 10.3. The zero-order valence-corrected chi connectivity index (χ0v) is 13.8. The first-order chi connectivity index (χ1) is 10.8. The van der Waals surface area contributed by atoms with E-state index in [1.807, 2.05) is 0 Å². The SMILES string of the molecule is CCOC(=O)c1ncn2c1c(S(C)(=O)=O)nc1cc(Cl)ccc12. The summed E-state index contributed by atoms with van der Waals surface area (Å²) in [5.74, 6) is -0.699. The molecule has 0 spiro atoms. The Morgan fingerprint density at radius 3 is 2.78 bits per heavy atom. The van der Waals surface area contributed by atoms with Gasteiger partial charge in [-0.15, -0.1) is 0 Å². The average Bonchev–Trinajstić information content (AvgIpc) is 2.90. The number of aromatic nitrogens is 3. The maximum absolute atomic E-state index is 12.1. The van der Waals surface area contributed by atoms with E-state index in [1.54, 1.807) is 25.1 Å². The summed E-state index contributed by atoms with van der Waals surface area (Å²) in [6, 6.07) is 4.88. The summed E-state index contributed by atoms with van der Waals surface area (Å²) in [7, 11) is -3.70. The van der Waals surface area contributed by atoms with E-state index < -0.39 is 15.8 Å². The fourth-order valence-corrected chi connectivity index (χ4v) is 3.27. The molecule has 0 radical (unpaired) electrons. The van der Waals surface area contributed by atoms with Crippen molar-refractivity contribution in [1.82, 2.24) is 14.4 Å². The van der Waals surface area contributed by atoms with Crippen molar-refractivity contribution in [1.29, 1.82) is 0 Å². The van der Waals surface area contributed by atoms with Gasteiger partial charge in [-0.2, -0.15) is 0 Å². The number of sulfone groups is 1. The van der Waals surface area contributed by atoms with Crippen LogP contribution in [0.3, 0.4) is 0 Å². The molecule has 0 saturated carbocycles. The van der Waals surface area contributed by atoms with Gasteiger partial charge < -0.3 is 4.74 Å². The van der Waals surface area contributed by atoms with Crippen LogP contribution in [0.4, 0.5) is 0 Å². The molecule has 1 aromatic carbocycles. The van der Waals surface area contributed by atoms with Gasteiger partial charge in [-0.05, 0) is 25.1 Å². The van der Waals surface area contributed by atoms with Crippen molar-refractivity contribution in [2.75, 3.05) is 12.9 Å². The molecule has 0 aliphatic rings. The number of imidazole rings is 1. The fourth-order valence-electron chi connectivity index (χ4n) is 2.29. The van der Waals surface area contributed by atoms with Crippen LogP contribution in [0.2, 0.25) is 5.02 Å². The third kappa shape index (κ3) is 2.64. The number of rotatable bonds is 3. The van der Waals surface area contributed by atoms with E-state index in [0.717, 1.165) is 6.26 Å². The first-order valence-corrected chi connectivity index (χ1v) is 8.93. The second-order valence-corrected chi connectivity index (χ2v) is 7.22. The van der Waals surface area contributed by atoms with Gasteiger partial charge in [0, 0.05) is 11.3 Å². The molecule has 120 valence electrons. The first-order valence-electron chi connectivity index (χ1n) is 6.66. The molecule has 3 rings (SSSR count). The van der Waals surface area contributed by atoms with Crippen LogP contribution in [0.15, 0.2) is 29.6 Å². The Hall–Kier alpha value is -2.19. The second-order valence-electron chi connectivity index (χ2n) is 4.85. The van der Waals surface area contributed by atoms with Crippen molar-refractivity contribution in [3.8, 4) is 0 Å². The predicted molar refractivity (Wildman–Crippen MR) is 84.6 cm³/mol. The molecule has 0 N–H and O–H groups in total. The summed E-state index contributed by atoms with van der Waals surface area (Å²) < 4.78 is 30.7. The first kappa shape index (κ1) is 15.7. The molecule has 0 bridgehead atoms. The van der Waals surface area contributed by atoms with Crippen molar-refractivity contribution in [3.05, 3.63) is 35.2 Å². The molecular formula is C14H12ClN3O4S. The number of nitrogens with zero attached hydrogens (tertiary/aromatic N) is 3. The molecule has 23 heavy (non-hydrogen) atoms. The van der Waals surface area contributed by atoms with E-state index in [1.165, 1.54) is 10.7 Å². The molecule has 7 nitrogen and oxygen atoms in total. The summed E-state index contributed by atoms with van der Waals surface area (Å²) in [6.07, 6.45) is 2.39. The molecule has 0 aliphatic heterocycles. The van der Waals surface area contributed by atoms with Crippen LogP contribution < -0.4 is 0 Å². The highest BCUT2D eigenvalue weighted by molar-refractivity contribution is 7.90. The molecule has 2 heterocycles. The van der Waals surface area contributed by atoms with Gasteiger partial charge in [-0.3, -0.25) is 4.40 Å². The number of hydrogen-bond donors (Lipinski definition) is 0. The Labute approximate surface area is 136 Å². The molecule has 9 heteroatoms. The summed E-state index contributed by atoms with van der Waals surface area (Å²) in [6.45, 7) is 1.81. The zero-order chi connectivity index (χ0) is 16.8. The topological polar surface area (TPSA) is 90.6 Å². The quantitative estimate of drug-likeness (QED) is 0.670. The van der Waals surface area contributed by atoms with Crippen LogP contribution in [-0.4, -0.2) is 41.6 Å². The number of benzene rings is 1. The lowest BCUT2D eigenvalue weighted by molar-refractivity contribution is 0.0522. The number of fused-ring (bicyclic) bond motifs is 3. The minimum atomic E-state index is -3.70. The lowest BCUT2D eigenvalue weighted by Crippen LogP contribution is -2.10. The van der Waals surface area contributed by atoms with Gasteiger partial charge in [-0.1, -0.05) is 11.6 Å². The van der Waals surface area contributed by atoms with Gasteiger partial charge in [0.1, 0.15) is 11.8 Å². The van der Waals surface area contributed by atoms with Crippen LogP contribution >= 0.6 is 11.6 Å². The largest absolute Gasteiger partial charge is 0.461 e. The van der Waals surface area contributed by atoms with E-state index in [9.17, 15) is 13.2 Å². The van der Waals surface area contributed by atoms with Crippen LogP contribution in [0, 0.1) is 0 Å². The second kappa shape index (κ2) is 5.47. The van der Waals surface area contributed by atoms with Crippen LogP contribution in [0.5, 0.6) is 0 Å². The summed E-state index contributed by atoms with van der Waals surface area (Å²) in [5, 5.41) is 0.183. The van der Waals surface area contributed by atoms with Crippen LogP contribution in [0.25, 0.3) is 16.6 Å². The van der Waals surface area contributed by atoms with Gasteiger partial charge in [0.15, 0.2) is 20.6 Å². The Kier molecular flexibility index (Phi) is 3.73. The molecule has 0 fully saturated rings. The van der Waals surface area contributed by atoms with Gasteiger partial charge in [-0.25, -0.2) is 23.2 Å². The Balaban J connectivity index is 2.48. The minimum absolute atomic E-state index is 0.0865. The van der Waals surface area contributed by atoms with Crippen molar-refractivity contribution in [2.24, 2.45) is 0 Å². The molecule has 0 aliphatic carbocycles. The standard InChI is InChI=1S/C14H12ClN3O4S/c1-3-22-14(19)11-12-13(23(2,20)21)17-9-6-8(15)4-5-10(9)18(12)7-16-11/h4-7H,3H2,1-2H3. The lowest BCUT2D eigenvalue weighted by Gasteiger charge is -2.08. The van der Waals surface area contributed by atoms with Gasteiger partial charge in [0.05, 0.1) is 17.6 Å². The zero-order valence-electron chi connectivity index (χ0n) is 12.3. The van der Waals surface area contributed by atoms with Crippen molar-refractivity contribution in [2.45, 2.75) is 11.9 Å². The molecule has 3 aromatic rings. The molecule has 0 unspecified atom stereocenters. The van der Waals surface area contributed by atoms with Gasteiger partial charge in [0.25, 0.3) is 0 Å². The van der Waals surface area contributed by atoms with Crippen molar-refractivity contribution >= 4 is 44.0 Å². The van der Waals surface area contributed by atoms with Crippen molar-refractivity contribution < 1.29 is 17.9 Å². The highest BCUT2D eigenvalue weighted by atomic mass is 35.5. The number of esters is 1. The number of carbonyl (C=O) groups excluding carboxylic acids is 1. The highest BCUT2D eigenvalue weighted by Crippen LogP contribution is 2.26. The Bertz CT molecular complexity index is 1040. The Morgan fingerprint density at radius 2 is 2.13 bits per heavy atom.